The smallest absolute Gasteiger partial charge is 0.236 e. The molecule has 1 amide bonds. The number of rotatable bonds is 6. The normalized spacial score (nSPS) is 20.1. The number of hydrogen-bond acceptors (Lipinski definition) is 3. The second kappa shape index (κ2) is 7.74. The van der Waals surface area contributed by atoms with Gasteiger partial charge in [-0.05, 0) is 52.2 Å². The van der Waals surface area contributed by atoms with Gasteiger partial charge in [0.15, 0.2) is 0 Å². The van der Waals surface area contributed by atoms with Gasteiger partial charge in [-0.3, -0.25) is 4.79 Å². The highest BCUT2D eigenvalue weighted by atomic mass is 16.2. The van der Waals surface area contributed by atoms with Gasteiger partial charge < -0.3 is 15.5 Å². The van der Waals surface area contributed by atoms with Crippen LogP contribution in [0.25, 0.3) is 0 Å². The quantitative estimate of drug-likeness (QED) is 0.750. The Morgan fingerprint density at radius 1 is 1.28 bits per heavy atom. The van der Waals surface area contributed by atoms with Crippen LogP contribution in [0.5, 0.6) is 0 Å². The SMILES string of the molecule is CC(C)CCNC(=O)C(C)NC1CCN(C)CC1. The van der Waals surface area contributed by atoms with Gasteiger partial charge in [0.25, 0.3) is 0 Å². The number of hydrogen-bond donors (Lipinski definition) is 2. The van der Waals surface area contributed by atoms with Crippen molar-refractivity contribution in [3.63, 3.8) is 0 Å². The Hall–Kier alpha value is -0.610. The lowest BCUT2D eigenvalue weighted by atomic mass is 10.0. The summed E-state index contributed by atoms with van der Waals surface area (Å²) in [6.07, 6.45) is 3.33. The van der Waals surface area contributed by atoms with E-state index in [1.165, 1.54) is 0 Å². The molecule has 4 heteroatoms. The van der Waals surface area contributed by atoms with Crippen molar-refractivity contribution in [1.29, 1.82) is 0 Å². The van der Waals surface area contributed by atoms with Crippen molar-refractivity contribution in [2.75, 3.05) is 26.7 Å². The maximum atomic E-state index is 11.9. The molecular weight excluding hydrogens is 226 g/mol. The Morgan fingerprint density at radius 3 is 2.44 bits per heavy atom. The Balaban J connectivity index is 2.18. The van der Waals surface area contributed by atoms with Gasteiger partial charge in [-0.1, -0.05) is 13.8 Å². The van der Waals surface area contributed by atoms with Crippen molar-refractivity contribution in [2.24, 2.45) is 5.92 Å². The van der Waals surface area contributed by atoms with Gasteiger partial charge >= 0.3 is 0 Å². The molecule has 0 aliphatic carbocycles. The molecule has 0 bridgehead atoms. The lowest BCUT2D eigenvalue weighted by molar-refractivity contribution is -0.123. The highest BCUT2D eigenvalue weighted by molar-refractivity contribution is 5.81. The van der Waals surface area contributed by atoms with Crippen LogP contribution in [-0.2, 0) is 4.79 Å². The van der Waals surface area contributed by atoms with Crippen LogP contribution >= 0.6 is 0 Å². The lowest BCUT2D eigenvalue weighted by Crippen LogP contribution is -2.50. The third-order valence-electron chi connectivity index (χ3n) is 3.62. The molecule has 18 heavy (non-hydrogen) atoms. The second-order valence-corrected chi connectivity index (χ2v) is 5.94. The van der Waals surface area contributed by atoms with E-state index in [-0.39, 0.29) is 11.9 Å². The highest BCUT2D eigenvalue weighted by Crippen LogP contribution is 2.08. The zero-order valence-electron chi connectivity index (χ0n) is 12.3. The number of nitrogens with one attached hydrogen (secondary N) is 2. The molecule has 0 radical (unpaired) electrons. The van der Waals surface area contributed by atoms with Crippen molar-refractivity contribution in [2.45, 2.75) is 52.1 Å². The number of piperidine rings is 1. The van der Waals surface area contributed by atoms with Gasteiger partial charge in [0.05, 0.1) is 6.04 Å². The van der Waals surface area contributed by atoms with Gasteiger partial charge in [0, 0.05) is 12.6 Å². The van der Waals surface area contributed by atoms with E-state index in [0.717, 1.165) is 38.9 Å². The number of carbonyl (C=O) groups excluding carboxylic acids is 1. The van der Waals surface area contributed by atoms with E-state index in [1.807, 2.05) is 6.92 Å². The lowest BCUT2D eigenvalue weighted by Gasteiger charge is -2.31. The monoisotopic (exact) mass is 255 g/mol. The molecule has 1 fully saturated rings. The minimum absolute atomic E-state index is 0.0782. The summed E-state index contributed by atoms with van der Waals surface area (Å²) >= 11 is 0. The third-order valence-corrected chi connectivity index (χ3v) is 3.62. The van der Waals surface area contributed by atoms with Crippen LogP contribution < -0.4 is 10.6 Å². The molecular formula is C14H29N3O. The first-order valence-electron chi connectivity index (χ1n) is 7.21. The van der Waals surface area contributed by atoms with E-state index in [1.54, 1.807) is 0 Å². The van der Waals surface area contributed by atoms with Crippen LogP contribution in [-0.4, -0.2) is 49.6 Å². The Labute approximate surface area is 111 Å². The Kier molecular flexibility index (Phi) is 6.65. The number of carbonyl (C=O) groups is 1. The zero-order chi connectivity index (χ0) is 13.5. The first-order chi connectivity index (χ1) is 8.49. The summed E-state index contributed by atoms with van der Waals surface area (Å²) in [5, 5.41) is 6.44. The van der Waals surface area contributed by atoms with Crippen LogP contribution in [0.15, 0.2) is 0 Å². The molecule has 1 heterocycles. The van der Waals surface area contributed by atoms with Crippen LogP contribution in [0.2, 0.25) is 0 Å². The summed E-state index contributed by atoms with van der Waals surface area (Å²) in [6.45, 7) is 9.34. The van der Waals surface area contributed by atoms with Crippen molar-refractivity contribution in [3.8, 4) is 0 Å². The average Bonchev–Trinajstić information content (AvgIpc) is 2.31. The minimum Gasteiger partial charge on any atom is -0.355 e. The topological polar surface area (TPSA) is 44.4 Å². The molecule has 1 atom stereocenters. The zero-order valence-corrected chi connectivity index (χ0v) is 12.3. The standard InChI is InChI=1S/C14H29N3O/c1-11(2)5-8-15-14(18)12(3)16-13-6-9-17(4)10-7-13/h11-13,16H,5-10H2,1-4H3,(H,15,18). The minimum atomic E-state index is -0.0782. The molecule has 1 saturated heterocycles. The summed E-state index contributed by atoms with van der Waals surface area (Å²) in [6, 6.07) is 0.414. The van der Waals surface area contributed by atoms with Gasteiger partial charge in [-0.25, -0.2) is 0 Å². The molecule has 0 spiro atoms. The number of likely N-dealkylation sites (tertiary alicyclic amines) is 1. The second-order valence-electron chi connectivity index (χ2n) is 5.94. The van der Waals surface area contributed by atoms with Gasteiger partial charge in [0.1, 0.15) is 0 Å². The summed E-state index contributed by atoms with van der Waals surface area (Å²) in [5.74, 6) is 0.775. The predicted molar refractivity (Wildman–Crippen MR) is 75.6 cm³/mol. The van der Waals surface area contributed by atoms with E-state index in [0.29, 0.717) is 12.0 Å². The van der Waals surface area contributed by atoms with E-state index >= 15 is 0 Å². The first kappa shape index (κ1) is 15.4. The van der Waals surface area contributed by atoms with Crippen molar-refractivity contribution in [3.05, 3.63) is 0 Å². The number of nitrogens with zero attached hydrogens (tertiary/aromatic N) is 1. The molecule has 1 unspecified atom stereocenters. The summed E-state index contributed by atoms with van der Waals surface area (Å²) < 4.78 is 0. The van der Waals surface area contributed by atoms with Crippen molar-refractivity contribution in [1.82, 2.24) is 15.5 Å². The summed E-state index contributed by atoms with van der Waals surface area (Å²) in [7, 11) is 2.15. The molecule has 4 nitrogen and oxygen atoms in total. The van der Waals surface area contributed by atoms with Gasteiger partial charge in [-0.15, -0.1) is 0 Å². The first-order valence-corrected chi connectivity index (χ1v) is 7.21. The molecule has 0 saturated carbocycles. The predicted octanol–water partition coefficient (Wildman–Crippen LogP) is 1.22. The average molecular weight is 255 g/mol. The van der Waals surface area contributed by atoms with Crippen molar-refractivity contribution >= 4 is 5.91 Å². The molecule has 1 aliphatic heterocycles. The summed E-state index contributed by atoms with van der Waals surface area (Å²) in [5.41, 5.74) is 0. The molecule has 0 aromatic carbocycles. The molecule has 106 valence electrons. The van der Waals surface area contributed by atoms with Crippen LogP contribution in [0.4, 0.5) is 0 Å². The fourth-order valence-corrected chi connectivity index (χ4v) is 2.24. The third kappa shape index (κ3) is 5.83. The molecule has 2 N–H and O–H groups in total. The maximum Gasteiger partial charge on any atom is 0.236 e. The van der Waals surface area contributed by atoms with E-state index in [2.05, 4.69) is 36.4 Å². The molecule has 1 aliphatic rings. The van der Waals surface area contributed by atoms with Gasteiger partial charge in [0.2, 0.25) is 5.91 Å². The fraction of sp³-hybridized carbons (Fsp3) is 0.929. The number of amides is 1. The van der Waals surface area contributed by atoms with Crippen molar-refractivity contribution < 1.29 is 4.79 Å². The highest BCUT2D eigenvalue weighted by Gasteiger charge is 2.21. The van der Waals surface area contributed by atoms with Crippen LogP contribution in [0.1, 0.15) is 40.0 Å². The maximum absolute atomic E-state index is 11.9. The summed E-state index contributed by atoms with van der Waals surface area (Å²) in [4.78, 5) is 14.2. The van der Waals surface area contributed by atoms with E-state index in [9.17, 15) is 4.79 Å². The van der Waals surface area contributed by atoms with Crippen LogP contribution in [0.3, 0.4) is 0 Å². The van der Waals surface area contributed by atoms with E-state index in [4.69, 9.17) is 0 Å². The Bertz CT molecular complexity index is 247. The largest absolute Gasteiger partial charge is 0.355 e. The van der Waals surface area contributed by atoms with E-state index < -0.39 is 0 Å². The van der Waals surface area contributed by atoms with Gasteiger partial charge in [-0.2, -0.15) is 0 Å². The molecule has 0 aromatic heterocycles. The Morgan fingerprint density at radius 2 is 1.89 bits per heavy atom. The molecule has 0 aromatic rings. The molecule has 1 rings (SSSR count). The van der Waals surface area contributed by atoms with Crippen LogP contribution in [0, 0.1) is 5.92 Å². The fourth-order valence-electron chi connectivity index (χ4n) is 2.24.